The van der Waals surface area contributed by atoms with Crippen molar-refractivity contribution in [2.45, 2.75) is 24.5 Å². The van der Waals surface area contributed by atoms with Gasteiger partial charge < -0.3 is 10.6 Å². The standard InChI is InChI=1S/C10H16N2O4S/c13-9-4-7(5-11-9)10(14)12-6-8-2-1-3-17(8,15)16/h7-8H,1-6H2,(H,11,13)(H,12,14). The van der Waals surface area contributed by atoms with Gasteiger partial charge in [-0.1, -0.05) is 0 Å². The van der Waals surface area contributed by atoms with Gasteiger partial charge in [-0.25, -0.2) is 8.42 Å². The van der Waals surface area contributed by atoms with Gasteiger partial charge in [0.15, 0.2) is 9.84 Å². The molecule has 2 fully saturated rings. The molecule has 2 aliphatic rings. The highest BCUT2D eigenvalue weighted by molar-refractivity contribution is 7.92. The van der Waals surface area contributed by atoms with Crippen LogP contribution in [0.4, 0.5) is 0 Å². The molecule has 0 aromatic heterocycles. The number of carbonyl (C=O) groups is 2. The summed E-state index contributed by atoms with van der Waals surface area (Å²) < 4.78 is 23.1. The van der Waals surface area contributed by atoms with Crippen LogP contribution in [0.2, 0.25) is 0 Å². The predicted molar refractivity (Wildman–Crippen MR) is 60.9 cm³/mol. The van der Waals surface area contributed by atoms with Gasteiger partial charge in [-0.15, -0.1) is 0 Å². The third-order valence-electron chi connectivity index (χ3n) is 3.32. The van der Waals surface area contributed by atoms with Crippen molar-refractivity contribution < 1.29 is 18.0 Å². The lowest BCUT2D eigenvalue weighted by Gasteiger charge is -2.13. The molecule has 7 heteroatoms. The van der Waals surface area contributed by atoms with Crippen LogP contribution in [0.1, 0.15) is 19.3 Å². The quantitative estimate of drug-likeness (QED) is 0.668. The second-order valence-corrected chi connectivity index (χ2v) is 6.98. The van der Waals surface area contributed by atoms with Gasteiger partial charge in [-0.3, -0.25) is 9.59 Å². The van der Waals surface area contributed by atoms with Crippen LogP contribution in [0, 0.1) is 5.92 Å². The lowest BCUT2D eigenvalue weighted by atomic mass is 10.1. The summed E-state index contributed by atoms with van der Waals surface area (Å²) in [6.07, 6.45) is 1.49. The summed E-state index contributed by atoms with van der Waals surface area (Å²) in [6.45, 7) is 0.522. The first-order valence-electron chi connectivity index (χ1n) is 5.75. The van der Waals surface area contributed by atoms with E-state index >= 15 is 0 Å². The molecule has 0 aromatic rings. The number of hydrogen-bond acceptors (Lipinski definition) is 4. The highest BCUT2D eigenvalue weighted by Crippen LogP contribution is 2.19. The van der Waals surface area contributed by atoms with E-state index in [4.69, 9.17) is 0 Å². The molecule has 0 aromatic carbocycles. The minimum Gasteiger partial charge on any atom is -0.355 e. The van der Waals surface area contributed by atoms with Gasteiger partial charge >= 0.3 is 0 Å². The molecule has 2 heterocycles. The van der Waals surface area contributed by atoms with Crippen molar-refractivity contribution in [1.29, 1.82) is 0 Å². The van der Waals surface area contributed by atoms with Gasteiger partial charge in [0.05, 0.1) is 16.9 Å². The Hall–Kier alpha value is -1.11. The number of nitrogens with one attached hydrogen (secondary N) is 2. The summed E-state index contributed by atoms with van der Waals surface area (Å²) in [5.74, 6) is -0.493. The smallest absolute Gasteiger partial charge is 0.225 e. The molecule has 0 radical (unpaired) electrons. The molecule has 2 atom stereocenters. The van der Waals surface area contributed by atoms with E-state index in [0.717, 1.165) is 0 Å². The van der Waals surface area contributed by atoms with Gasteiger partial charge in [-0.05, 0) is 12.8 Å². The van der Waals surface area contributed by atoms with Crippen molar-refractivity contribution in [3.8, 4) is 0 Å². The largest absolute Gasteiger partial charge is 0.355 e. The van der Waals surface area contributed by atoms with Crippen molar-refractivity contribution in [1.82, 2.24) is 10.6 Å². The number of hydrogen-bond donors (Lipinski definition) is 2. The zero-order chi connectivity index (χ0) is 12.5. The average Bonchev–Trinajstić information content (AvgIpc) is 2.81. The van der Waals surface area contributed by atoms with Crippen LogP contribution in [0.5, 0.6) is 0 Å². The van der Waals surface area contributed by atoms with Gasteiger partial charge in [0.2, 0.25) is 11.8 Å². The van der Waals surface area contributed by atoms with Crippen molar-refractivity contribution in [2.75, 3.05) is 18.8 Å². The summed E-state index contributed by atoms with van der Waals surface area (Å²) in [5.41, 5.74) is 0. The highest BCUT2D eigenvalue weighted by atomic mass is 32.2. The summed E-state index contributed by atoms with van der Waals surface area (Å²) in [4.78, 5) is 22.6. The van der Waals surface area contributed by atoms with Gasteiger partial charge in [0.1, 0.15) is 0 Å². The maximum Gasteiger partial charge on any atom is 0.225 e. The number of amides is 2. The lowest BCUT2D eigenvalue weighted by Crippen LogP contribution is -2.38. The van der Waals surface area contributed by atoms with Crippen molar-refractivity contribution in [2.24, 2.45) is 5.92 Å². The minimum absolute atomic E-state index is 0.126. The van der Waals surface area contributed by atoms with Crippen LogP contribution < -0.4 is 10.6 Å². The normalized spacial score (nSPS) is 31.2. The second-order valence-electron chi connectivity index (χ2n) is 4.58. The highest BCUT2D eigenvalue weighted by Gasteiger charge is 2.33. The first-order chi connectivity index (χ1) is 7.99. The molecule has 0 bridgehead atoms. The zero-order valence-corrected chi connectivity index (χ0v) is 10.3. The van der Waals surface area contributed by atoms with E-state index in [9.17, 15) is 18.0 Å². The molecular weight excluding hydrogens is 244 g/mol. The Balaban J connectivity index is 1.82. The minimum atomic E-state index is -3.01. The first-order valence-corrected chi connectivity index (χ1v) is 7.46. The van der Waals surface area contributed by atoms with Crippen molar-refractivity contribution >= 4 is 21.7 Å². The average molecular weight is 260 g/mol. The molecule has 2 rings (SSSR count). The molecular formula is C10H16N2O4S. The fourth-order valence-electron chi connectivity index (χ4n) is 2.24. The molecule has 96 valence electrons. The molecule has 17 heavy (non-hydrogen) atoms. The number of rotatable bonds is 3. The fraction of sp³-hybridized carbons (Fsp3) is 0.800. The van der Waals surface area contributed by atoms with Crippen LogP contribution in [0.15, 0.2) is 0 Å². The molecule has 2 aliphatic heterocycles. The Morgan fingerprint density at radius 3 is 2.76 bits per heavy atom. The van der Waals surface area contributed by atoms with Gasteiger partial charge in [0, 0.05) is 19.5 Å². The Bertz CT molecular complexity index is 432. The Labute approximate surface area is 100 Å². The van der Waals surface area contributed by atoms with Crippen molar-refractivity contribution in [3.63, 3.8) is 0 Å². The predicted octanol–water partition coefficient (Wildman–Crippen LogP) is -1.18. The Kier molecular flexibility index (Phi) is 3.37. The fourth-order valence-corrected chi connectivity index (χ4v) is 4.00. The molecule has 0 saturated carbocycles. The molecule has 2 unspecified atom stereocenters. The molecule has 0 aliphatic carbocycles. The Morgan fingerprint density at radius 1 is 1.47 bits per heavy atom. The molecule has 2 amide bonds. The molecule has 2 N–H and O–H groups in total. The monoisotopic (exact) mass is 260 g/mol. The zero-order valence-electron chi connectivity index (χ0n) is 9.44. The van der Waals surface area contributed by atoms with Gasteiger partial charge in [-0.2, -0.15) is 0 Å². The van der Waals surface area contributed by atoms with E-state index in [1.54, 1.807) is 0 Å². The van der Waals surface area contributed by atoms with Crippen LogP contribution in [0.3, 0.4) is 0 Å². The van der Waals surface area contributed by atoms with E-state index in [1.807, 2.05) is 0 Å². The summed E-state index contributed by atoms with van der Waals surface area (Å²) >= 11 is 0. The lowest BCUT2D eigenvalue weighted by molar-refractivity contribution is -0.126. The van der Waals surface area contributed by atoms with Crippen LogP contribution >= 0.6 is 0 Å². The topological polar surface area (TPSA) is 92.3 Å². The Morgan fingerprint density at radius 2 is 2.24 bits per heavy atom. The molecule has 6 nitrogen and oxygen atoms in total. The maximum atomic E-state index is 11.7. The number of carbonyl (C=O) groups excluding carboxylic acids is 2. The van der Waals surface area contributed by atoms with Gasteiger partial charge in [0.25, 0.3) is 0 Å². The van der Waals surface area contributed by atoms with E-state index in [-0.39, 0.29) is 36.5 Å². The first kappa shape index (κ1) is 12.3. The SMILES string of the molecule is O=C1CC(C(=O)NCC2CCCS2(=O)=O)CN1. The van der Waals surface area contributed by atoms with E-state index in [1.165, 1.54) is 0 Å². The third kappa shape index (κ3) is 2.77. The van der Waals surface area contributed by atoms with E-state index < -0.39 is 15.1 Å². The molecule has 0 spiro atoms. The van der Waals surface area contributed by atoms with Crippen LogP contribution in [-0.4, -0.2) is 44.3 Å². The third-order valence-corrected chi connectivity index (χ3v) is 5.59. The maximum absolute atomic E-state index is 11.7. The van der Waals surface area contributed by atoms with E-state index in [2.05, 4.69) is 10.6 Å². The summed E-state index contributed by atoms with van der Waals surface area (Å²) in [5, 5.41) is 4.76. The van der Waals surface area contributed by atoms with Crippen molar-refractivity contribution in [3.05, 3.63) is 0 Å². The summed E-state index contributed by atoms with van der Waals surface area (Å²) in [6, 6.07) is 0. The summed E-state index contributed by atoms with van der Waals surface area (Å²) in [7, 11) is -3.01. The van der Waals surface area contributed by atoms with Crippen LogP contribution in [0.25, 0.3) is 0 Å². The van der Waals surface area contributed by atoms with Crippen LogP contribution in [-0.2, 0) is 19.4 Å². The second kappa shape index (κ2) is 4.64. The van der Waals surface area contributed by atoms with E-state index in [0.29, 0.717) is 19.4 Å². The number of sulfone groups is 1. The molecule has 2 saturated heterocycles.